The van der Waals surface area contributed by atoms with Gasteiger partial charge in [-0.15, -0.1) is 0 Å². The average molecular weight is 311 g/mol. The topological polar surface area (TPSA) is 65.2 Å². The summed E-state index contributed by atoms with van der Waals surface area (Å²) in [5, 5.41) is 3.39. The van der Waals surface area contributed by atoms with E-state index in [1.165, 1.54) is 25.7 Å². The minimum absolute atomic E-state index is 0.407. The van der Waals surface area contributed by atoms with E-state index in [1.54, 1.807) is 16.6 Å². The highest BCUT2D eigenvalue weighted by Crippen LogP contribution is 2.31. The third-order valence-corrected chi connectivity index (χ3v) is 5.99. The molecule has 0 bridgehead atoms. The molecule has 2 aliphatic rings. The highest BCUT2D eigenvalue weighted by atomic mass is 32.2. The first-order valence-electron chi connectivity index (χ1n) is 8.00. The molecule has 0 radical (unpaired) electrons. The van der Waals surface area contributed by atoms with Crippen molar-refractivity contribution in [3.05, 3.63) is 18.0 Å². The van der Waals surface area contributed by atoms with Gasteiger partial charge in [-0.05, 0) is 44.1 Å². The summed E-state index contributed by atoms with van der Waals surface area (Å²) < 4.78 is 27.1. The molecule has 0 amide bonds. The molecule has 5 nitrogen and oxygen atoms in total. The van der Waals surface area contributed by atoms with Gasteiger partial charge in [-0.25, -0.2) is 8.42 Å². The minimum atomic E-state index is -3.35. The van der Waals surface area contributed by atoms with Gasteiger partial charge in [-0.2, -0.15) is 4.31 Å². The van der Waals surface area contributed by atoms with Gasteiger partial charge in [0.15, 0.2) is 0 Å². The molecular weight excluding hydrogens is 286 g/mol. The molecule has 6 heteroatoms. The van der Waals surface area contributed by atoms with E-state index in [1.807, 2.05) is 6.92 Å². The Morgan fingerprint density at radius 2 is 2.10 bits per heavy atom. The zero-order chi connectivity index (χ0) is 14.9. The summed E-state index contributed by atoms with van der Waals surface area (Å²) in [6, 6.07) is 2.40. The van der Waals surface area contributed by atoms with E-state index in [0.29, 0.717) is 29.9 Å². The molecule has 0 aliphatic heterocycles. The summed E-state index contributed by atoms with van der Waals surface area (Å²) in [7, 11) is -3.35. The van der Waals surface area contributed by atoms with Crippen LogP contribution in [0.4, 0.5) is 0 Å². The molecule has 2 fully saturated rings. The Kier molecular flexibility index (Phi) is 4.38. The van der Waals surface area contributed by atoms with Crippen molar-refractivity contribution >= 4 is 10.0 Å². The zero-order valence-corrected chi connectivity index (χ0v) is 13.5. The van der Waals surface area contributed by atoms with Crippen LogP contribution < -0.4 is 5.32 Å². The van der Waals surface area contributed by atoms with Crippen molar-refractivity contribution in [2.75, 3.05) is 13.1 Å². The largest absolute Gasteiger partial charge is 0.363 e. The Morgan fingerprint density at radius 1 is 1.33 bits per heavy atom. The summed E-state index contributed by atoms with van der Waals surface area (Å²) >= 11 is 0. The number of sulfonamides is 1. The van der Waals surface area contributed by atoms with Crippen LogP contribution >= 0.6 is 0 Å². The van der Waals surface area contributed by atoms with Gasteiger partial charge in [0.2, 0.25) is 10.0 Å². The standard InChI is InChI=1S/C15H25N3O2S/c1-2-7-18(11-12-3-4-12)21(19,20)15-8-14(17-10-15)9-16-13-5-6-13/h8,10,12-13,16-17H,2-7,9,11H2,1H3. The normalized spacial score (nSPS) is 19.3. The second kappa shape index (κ2) is 6.10. The van der Waals surface area contributed by atoms with Gasteiger partial charge in [0.25, 0.3) is 0 Å². The molecule has 21 heavy (non-hydrogen) atoms. The summed E-state index contributed by atoms with van der Waals surface area (Å²) in [6.07, 6.45) is 7.29. The Labute approximate surface area is 127 Å². The van der Waals surface area contributed by atoms with Crippen LogP contribution in [0.25, 0.3) is 0 Å². The summed E-state index contributed by atoms with van der Waals surface area (Å²) in [4.78, 5) is 3.50. The van der Waals surface area contributed by atoms with Gasteiger partial charge in [0.05, 0.1) is 4.90 Å². The van der Waals surface area contributed by atoms with Crippen molar-refractivity contribution in [3.8, 4) is 0 Å². The maximum atomic E-state index is 12.7. The molecule has 0 saturated heterocycles. The van der Waals surface area contributed by atoms with Gasteiger partial charge < -0.3 is 10.3 Å². The summed E-state index contributed by atoms with van der Waals surface area (Å²) in [5.41, 5.74) is 0.948. The Hall–Kier alpha value is -0.850. The monoisotopic (exact) mass is 311 g/mol. The molecule has 0 aromatic carbocycles. The lowest BCUT2D eigenvalue weighted by Crippen LogP contribution is -2.33. The van der Waals surface area contributed by atoms with Crippen LogP contribution in [0.3, 0.4) is 0 Å². The van der Waals surface area contributed by atoms with E-state index in [-0.39, 0.29) is 0 Å². The highest BCUT2D eigenvalue weighted by Gasteiger charge is 2.31. The van der Waals surface area contributed by atoms with Gasteiger partial charge in [0, 0.05) is 37.6 Å². The first-order chi connectivity index (χ1) is 10.1. The number of hydrogen-bond donors (Lipinski definition) is 2. The van der Waals surface area contributed by atoms with E-state index in [0.717, 1.165) is 18.7 Å². The molecular formula is C15H25N3O2S. The molecule has 2 N–H and O–H groups in total. The van der Waals surface area contributed by atoms with Crippen molar-refractivity contribution in [2.24, 2.45) is 5.92 Å². The van der Waals surface area contributed by atoms with Crippen LogP contribution in [-0.4, -0.2) is 36.8 Å². The van der Waals surface area contributed by atoms with Gasteiger partial charge >= 0.3 is 0 Å². The first-order valence-corrected chi connectivity index (χ1v) is 9.44. The fourth-order valence-electron chi connectivity index (χ4n) is 2.51. The average Bonchev–Trinajstić information content (AvgIpc) is 3.37. The number of rotatable bonds is 9. The smallest absolute Gasteiger partial charge is 0.244 e. The number of nitrogens with zero attached hydrogens (tertiary/aromatic N) is 1. The predicted octanol–water partition coefficient (Wildman–Crippen LogP) is 2.08. The van der Waals surface area contributed by atoms with Crippen molar-refractivity contribution in [1.82, 2.24) is 14.6 Å². The Balaban J connectivity index is 1.68. The van der Waals surface area contributed by atoms with Gasteiger partial charge in [-0.1, -0.05) is 6.92 Å². The van der Waals surface area contributed by atoms with E-state index >= 15 is 0 Å². The third-order valence-electron chi connectivity index (χ3n) is 4.14. The quantitative estimate of drug-likeness (QED) is 0.734. The van der Waals surface area contributed by atoms with Crippen molar-refractivity contribution in [1.29, 1.82) is 0 Å². The highest BCUT2D eigenvalue weighted by molar-refractivity contribution is 7.89. The van der Waals surface area contributed by atoms with Gasteiger partial charge in [-0.3, -0.25) is 0 Å². The number of aromatic amines is 1. The SMILES string of the molecule is CCCN(CC1CC1)S(=O)(=O)c1c[nH]c(CNC2CC2)c1. The van der Waals surface area contributed by atoms with Crippen molar-refractivity contribution < 1.29 is 8.42 Å². The van der Waals surface area contributed by atoms with Crippen LogP contribution in [-0.2, 0) is 16.6 Å². The molecule has 2 aliphatic carbocycles. The van der Waals surface area contributed by atoms with E-state index in [4.69, 9.17) is 0 Å². The number of nitrogens with one attached hydrogen (secondary N) is 2. The van der Waals surface area contributed by atoms with Crippen molar-refractivity contribution in [3.63, 3.8) is 0 Å². The van der Waals surface area contributed by atoms with Crippen LogP contribution in [0.5, 0.6) is 0 Å². The molecule has 3 rings (SSSR count). The lowest BCUT2D eigenvalue weighted by atomic mass is 10.4. The Morgan fingerprint density at radius 3 is 2.71 bits per heavy atom. The molecule has 0 spiro atoms. The fourth-order valence-corrected chi connectivity index (χ4v) is 4.14. The van der Waals surface area contributed by atoms with Crippen LogP contribution in [0.15, 0.2) is 17.2 Å². The second-order valence-corrected chi connectivity index (χ2v) is 8.26. The lowest BCUT2D eigenvalue weighted by molar-refractivity contribution is 0.396. The summed E-state index contributed by atoms with van der Waals surface area (Å²) in [5.74, 6) is 0.571. The van der Waals surface area contributed by atoms with Gasteiger partial charge in [0.1, 0.15) is 0 Å². The number of aromatic nitrogens is 1. The third kappa shape index (κ3) is 3.87. The fraction of sp³-hybridized carbons (Fsp3) is 0.733. The molecule has 0 unspecified atom stereocenters. The summed E-state index contributed by atoms with van der Waals surface area (Å²) in [6.45, 7) is 4.03. The van der Waals surface area contributed by atoms with Crippen molar-refractivity contribution in [2.45, 2.75) is 56.5 Å². The molecule has 1 heterocycles. The van der Waals surface area contributed by atoms with Crippen LogP contribution in [0, 0.1) is 5.92 Å². The molecule has 118 valence electrons. The van der Waals surface area contributed by atoms with Crippen LogP contribution in [0.1, 0.15) is 44.7 Å². The minimum Gasteiger partial charge on any atom is -0.363 e. The zero-order valence-electron chi connectivity index (χ0n) is 12.6. The maximum absolute atomic E-state index is 12.7. The second-order valence-electron chi connectivity index (χ2n) is 6.32. The van der Waals surface area contributed by atoms with E-state index < -0.39 is 10.0 Å². The van der Waals surface area contributed by atoms with E-state index in [2.05, 4.69) is 10.3 Å². The van der Waals surface area contributed by atoms with Crippen LogP contribution in [0.2, 0.25) is 0 Å². The number of H-pyrrole nitrogens is 1. The molecule has 1 aromatic rings. The first kappa shape index (κ1) is 15.1. The molecule has 1 aromatic heterocycles. The molecule has 0 atom stereocenters. The maximum Gasteiger partial charge on any atom is 0.244 e. The predicted molar refractivity (Wildman–Crippen MR) is 82.4 cm³/mol. The molecule has 2 saturated carbocycles. The number of hydrogen-bond acceptors (Lipinski definition) is 3. The van der Waals surface area contributed by atoms with E-state index in [9.17, 15) is 8.42 Å². The lowest BCUT2D eigenvalue weighted by Gasteiger charge is -2.20. The Bertz CT molecular complexity index is 573.